The quantitative estimate of drug-likeness (QED) is 0.560. The zero-order chi connectivity index (χ0) is 14.2. The van der Waals surface area contributed by atoms with E-state index in [2.05, 4.69) is 10.0 Å². The molecule has 110 valence electrons. The molecule has 0 spiro atoms. The van der Waals surface area contributed by atoms with E-state index in [9.17, 15) is 8.42 Å². The number of nitrogens with zero attached hydrogens (tertiary/aromatic N) is 1. The van der Waals surface area contributed by atoms with Gasteiger partial charge in [-0.3, -0.25) is 0 Å². The maximum atomic E-state index is 12.0. The molecule has 0 aromatic rings. The molecule has 0 atom stereocenters. The second-order valence-corrected chi connectivity index (χ2v) is 6.73. The average molecular weight is 281 g/mol. The van der Waals surface area contributed by atoms with Gasteiger partial charge < -0.3 is 10.1 Å². The molecule has 0 saturated heterocycles. The number of hydrogen-bond donors (Lipinski definition) is 2. The monoisotopic (exact) mass is 281 g/mol. The number of hydrogen-bond acceptors (Lipinski definition) is 4. The molecule has 0 bridgehead atoms. The van der Waals surface area contributed by atoms with Crippen LogP contribution in [0.5, 0.6) is 0 Å². The lowest BCUT2D eigenvalue weighted by molar-refractivity contribution is 0.140. The highest BCUT2D eigenvalue weighted by Gasteiger charge is 2.27. The molecule has 0 saturated carbocycles. The Morgan fingerprint density at radius 1 is 1.33 bits per heavy atom. The summed E-state index contributed by atoms with van der Waals surface area (Å²) in [5, 5.41) is 3.16. The van der Waals surface area contributed by atoms with Crippen LogP contribution in [-0.2, 0) is 14.9 Å². The number of rotatable bonds is 10. The van der Waals surface area contributed by atoms with Crippen molar-refractivity contribution in [2.45, 2.75) is 32.7 Å². The molecular formula is C11H27N3O3S. The first-order valence-electron chi connectivity index (χ1n) is 6.20. The van der Waals surface area contributed by atoms with Gasteiger partial charge in [0, 0.05) is 20.7 Å². The van der Waals surface area contributed by atoms with Crippen molar-refractivity contribution in [2.24, 2.45) is 0 Å². The summed E-state index contributed by atoms with van der Waals surface area (Å²) in [6.07, 6.45) is 0.788. The summed E-state index contributed by atoms with van der Waals surface area (Å²) in [5.74, 6) is 0. The topological polar surface area (TPSA) is 70.7 Å². The zero-order valence-corrected chi connectivity index (χ0v) is 12.9. The lowest BCUT2D eigenvalue weighted by Gasteiger charge is -2.28. The van der Waals surface area contributed by atoms with Gasteiger partial charge in [0.1, 0.15) is 0 Å². The van der Waals surface area contributed by atoms with E-state index in [-0.39, 0.29) is 0 Å². The SMILES string of the molecule is CCNCCCN(C)S(=O)(=O)NC(C)(C)COC. The van der Waals surface area contributed by atoms with Gasteiger partial charge in [0.2, 0.25) is 0 Å². The van der Waals surface area contributed by atoms with Crippen LogP contribution >= 0.6 is 0 Å². The first kappa shape index (κ1) is 17.8. The molecule has 0 aliphatic heterocycles. The third-order valence-corrected chi connectivity index (χ3v) is 4.21. The van der Waals surface area contributed by atoms with E-state index in [1.54, 1.807) is 28.0 Å². The van der Waals surface area contributed by atoms with Crippen LogP contribution < -0.4 is 10.0 Å². The smallest absolute Gasteiger partial charge is 0.279 e. The predicted octanol–water partition coefficient (Wildman–Crippen LogP) is 0.177. The summed E-state index contributed by atoms with van der Waals surface area (Å²) >= 11 is 0. The third kappa shape index (κ3) is 7.27. The molecule has 0 amide bonds. The van der Waals surface area contributed by atoms with Gasteiger partial charge in [-0.25, -0.2) is 0 Å². The average Bonchev–Trinajstić information content (AvgIpc) is 2.22. The van der Waals surface area contributed by atoms with Crippen molar-refractivity contribution in [3.63, 3.8) is 0 Å². The molecule has 18 heavy (non-hydrogen) atoms. The lowest BCUT2D eigenvalue weighted by atomic mass is 10.1. The Kier molecular flexibility index (Phi) is 7.97. The van der Waals surface area contributed by atoms with Gasteiger partial charge >= 0.3 is 0 Å². The molecule has 6 nitrogen and oxygen atoms in total. The standard InChI is InChI=1S/C11H27N3O3S/c1-6-12-8-7-9-14(4)18(15,16)13-11(2,3)10-17-5/h12-13H,6-10H2,1-5H3. The van der Waals surface area contributed by atoms with Crippen LogP contribution in [0.25, 0.3) is 0 Å². The van der Waals surface area contributed by atoms with Gasteiger partial charge in [0.15, 0.2) is 0 Å². The minimum Gasteiger partial charge on any atom is -0.383 e. The summed E-state index contributed by atoms with van der Waals surface area (Å²) < 4.78 is 33.0. The fourth-order valence-corrected chi connectivity index (χ4v) is 2.82. The van der Waals surface area contributed by atoms with E-state index in [0.717, 1.165) is 19.5 Å². The Bertz CT molecular complexity index is 317. The van der Waals surface area contributed by atoms with Gasteiger partial charge in [-0.2, -0.15) is 17.4 Å². The Morgan fingerprint density at radius 3 is 2.44 bits per heavy atom. The van der Waals surface area contributed by atoms with Crippen LogP contribution in [0.2, 0.25) is 0 Å². The van der Waals surface area contributed by atoms with Gasteiger partial charge in [-0.15, -0.1) is 0 Å². The predicted molar refractivity (Wildman–Crippen MR) is 73.8 cm³/mol. The van der Waals surface area contributed by atoms with Crippen molar-refractivity contribution in [2.75, 3.05) is 40.4 Å². The number of nitrogens with one attached hydrogen (secondary N) is 2. The van der Waals surface area contributed by atoms with Gasteiger partial charge in [-0.05, 0) is 33.4 Å². The van der Waals surface area contributed by atoms with Crippen molar-refractivity contribution in [3.05, 3.63) is 0 Å². The highest BCUT2D eigenvalue weighted by Crippen LogP contribution is 2.07. The fourth-order valence-electron chi connectivity index (χ4n) is 1.54. The van der Waals surface area contributed by atoms with Crippen molar-refractivity contribution >= 4 is 10.2 Å². The summed E-state index contributed by atoms with van der Waals surface area (Å²) in [5.41, 5.74) is -0.608. The molecule has 0 unspecified atom stereocenters. The van der Waals surface area contributed by atoms with Crippen LogP contribution in [0.15, 0.2) is 0 Å². The van der Waals surface area contributed by atoms with Crippen LogP contribution in [0, 0.1) is 0 Å². The minimum absolute atomic E-state index is 0.331. The fraction of sp³-hybridized carbons (Fsp3) is 1.00. The van der Waals surface area contributed by atoms with E-state index in [4.69, 9.17) is 4.74 Å². The Labute approximate surface area is 111 Å². The second-order valence-electron chi connectivity index (χ2n) is 4.95. The maximum Gasteiger partial charge on any atom is 0.279 e. The van der Waals surface area contributed by atoms with Gasteiger partial charge in [0.05, 0.1) is 12.1 Å². The molecule has 0 rings (SSSR count). The van der Waals surface area contributed by atoms with Crippen molar-refractivity contribution in [3.8, 4) is 0 Å². The lowest BCUT2D eigenvalue weighted by Crippen LogP contribution is -2.51. The summed E-state index contributed by atoms with van der Waals surface area (Å²) in [6.45, 7) is 8.15. The van der Waals surface area contributed by atoms with Crippen LogP contribution in [0.4, 0.5) is 0 Å². The highest BCUT2D eigenvalue weighted by molar-refractivity contribution is 7.87. The molecular weight excluding hydrogens is 254 g/mol. The van der Waals surface area contributed by atoms with Crippen molar-refractivity contribution in [1.82, 2.24) is 14.3 Å². The number of ether oxygens (including phenoxy) is 1. The summed E-state index contributed by atoms with van der Waals surface area (Å²) in [7, 11) is -0.320. The third-order valence-electron chi connectivity index (χ3n) is 2.40. The zero-order valence-electron chi connectivity index (χ0n) is 12.1. The molecule has 0 aromatic carbocycles. The van der Waals surface area contributed by atoms with Crippen molar-refractivity contribution in [1.29, 1.82) is 0 Å². The van der Waals surface area contributed by atoms with E-state index in [1.807, 2.05) is 6.92 Å². The second kappa shape index (κ2) is 8.06. The molecule has 0 aromatic heterocycles. The van der Waals surface area contributed by atoms with Crippen LogP contribution in [0.1, 0.15) is 27.2 Å². The first-order chi connectivity index (χ1) is 8.25. The van der Waals surface area contributed by atoms with E-state index in [1.165, 1.54) is 4.31 Å². The van der Waals surface area contributed by atoms with Crippen molar-refractivity contribution < 1.29 is 13.2 Å². The molecule has 2 N–H and O–H groups in total. The van der Waals surface area contributed by atoms with E-state index >= 15 is 0 Å². The molecule has 0 aliphatic rings. The Balaban J connectivity index is 4.27. The molecule has 7 heteroatoms. The first-order valence-corrected chi connectivity index (χ1v) is 7.64. The Morgan fingerprint density at radius 2 is 1.94 bits per heavy atom. The molecule has 0 radical (unpaired) electrons. The molecule has 0 heterocycles. The number of methoxy groups -OCH3 is 1. The Hall–Kier alpha value is -0.210. The van der Waals surface area contributed by atoms with Gasteiger partial charge in [-0.1, -0.05) is 6.92 Å². The van der Waals surface area contributed by atoms with Crippen LogP contribution in [0.3, 0.4) is 0 Å². The molecule has 0 aliphatic carbocycles. The minimum atomic E-state index is -3.45. The largest absolute Gasteiger partial charge is 0.383 e. The summed E-state index contributed by atoms with van der Waals surface area (Å²) in [6, 6.07) is 0. The normalized spacial score (nSPS) is 13.2. The van der Waals surface area contributed by atoms with Crippen LogP contribution in [-0.4, -0.2) is 58.7 Å². The summed E-state index contributed by atoms with van der Waals surface area (Å²) in [4.78, 5) is 0. The molecule has 0 fully saturated rings. The maximum absolute atomic E-state index is 12.0. The van der Waals surface area contributed by atoms with Gasteiger partial charge in [0.25, 0.3) is 10.2 Å². The van der Waals surface area contributed by atoms with E-state index in [0.29, 0.717) is 13.2 Å². The van der Waals surface area contributed by atoms with E-state index < -0.39 is 15.7 Å². The highest BCUT2D eigenvalue weighted by atomic mass is 32.2.